The zero-order valence-corrected chi connectivity index (χ0v) is 12.5. The Morgan fingerprint density at radius 1 is 1.47 bits per heavy atom. The highest BCUT2D eigenvalue weighted by Gasteiger charge is 2.20. The van der Waals surface area contributed by atoms with E-state index in [1.807, 2.05) is 12.3 Å². The molecule has 0 bridgehead atoms. The van der Waals surface area contributed by atoms with Crippen molar-refractivity contribution in [3.63, 3.8) is 0 Å². The molecule has 1 unspecified atom stereocenters. The lowest BCUT2D eigenvalue weighted by atomic mass is 10.0. The molecule has 1 fully saturated rings. The average Bonchev–Trinajstić information content (AvgIpc) is 2.99. The summed E-state index contributed by atoms with van der Waals surface area (Å²) in [7, 11) is 0. The Morgan fingerprint density at radius 2 is 2.37 bits per heavy atom. The monoisotopic (exact) mass is 275 g/mol. The maximum atomic E-state index is 4.82. The molecule has 0 saturated carbocycles. The molecule has 3 heterocycles. The summed E-state index contributed by atoms with van der Waals surface area (Å²) in [5, 5.41) is 0. The molecule has 2 aromatic rings. The van der Waals surface area contributed by atoms with Gasteiger partial charge in [0.1, 0.15) is 11.3 Å². The SMILES string of the molecule is CC(C)Cn1c(CC2CCSC2)nc2cccnc21. The topological polar surface area (TPSA) is 30.7 Å². The van der Waals surface area contributed by atoms with E-state index < -0.39 is 0 Å². The van der Waals surface area contributed by atoms with Crippen molar-refractivity contribution in [2.24, 2.45) is 11.8 Å². The Morgan fingerprint density at radius 3 is 3.11 bits per heavy atom. The van der Waals surface area contributed by atoms with Gasteiger partial charge in [0, 0.05) is 19.2 Å². The Hall–Kier alpha value is -1.03. The van der Waals surface area contributed by atoms with Gasteiger partial charge in [-0.3, -0.25) is 0 Å². The highest BCUT2D eigenvalue weighted by atomic mass is 32.2. The molecular formula is C15H21N3S. The van der Waals surface area contributed by atoms with Crippen LogP contribution in [0.4, 0.5) is 0 Å². The van der Waals surface area contributed by atoms with Crippen LogP contribution in [0.3, 0.4) is 0 Å². The van der Waals surface area contributed by atoms with E-state index in [-0.39, 0.29) is 0 Å². The highest BCUT2D eigenvalue weighted by molar-refractivity contribution is 7.99. The lowest BCUT2D eigenvalue weighted by Gasteiger charge is -2.13. The third-order valence-electron chi connectivity index (χ3n) is 3.63. The molecule has 1 saturated heterocycles. The summed E-state index contributed by atoms with van der Waals surface area (Å²) in [6, 6.07) is 4.05. The molecule has 4 heteroatoms. The number of imidazole rings is 1. The molecule has 1 aliphatic rings. The quantitative estimate of drug-likeness (QED) is 0.857. The number of hydrogen-bond donors (Lipinski definition) is 0. The van der Waals surface area contributed by atoms with Gasteiger partial charge in [-0.2, -0.15) is 11.8 Å². The summed E-state index contributed by atoms with van der Waals surface area (Å²) in [4.78, 5) is 9.35. The predicted octanol–water partition coefficient (Wildman–Crippen LogP) is 3.38. The van der Waals surface area contributed by atoms with Crippen molar-refractivity contribution >= 4 is 22.9 Å². The summed E-state index contributed by atoms with van der Waals surface area (Å²) < 4.78 is 2.34. The van der Waals surface area contributed by atoms with Gasteiger partial charge in [-0.1, -0.05) is 13.8 Å². The maximum Gasteiger partial charge on any atom is 0.159 e. The van der Waals surface area contributed by atoms with E-state index in [1.54, 1.807) is 0 Å². The van der Waals surface area contributed by atoms with Gasteiger partial charge < -0.3 is 4.57 Å². The Balaban J connectivity index is 1.96. The number of pyridine rings is 1. The van der Waals surface area contributed by atoms with Crippen molar-refractivity contribution in [1.82, 2.24) is 14.5 Å². The molecule has 102 valence electrons. The zero-order valence-electron chi connectivity index (χ0n) is 11.7. The van der Waals surface area contributed by atoms with Crippen LogP contribution in [0.5, 0.6) is 0 Å². The number of aromatic nitrogens is 3. The van der Waals surface area contributed by atoms with Gasteiger partial charge >= 0.3 is 0 Å². The van der Waals surface area contributed by atoms with Crippen LogP contribution in [0.2, 0.25) is 0 Å². The van der Waals surface area contributed by atoms with Crippen LogP contribution in [-0.2, 0) is 13.0 Å². The first-order valence-electron chi connectivity index (χ1n) is 7.12. The molecular weight excluding hydrogens is 254 g/mol. The van der Waals surface area contributed by atoms with Crippen molar-refractivity contribution in [3.8, 4) is 0 Å². The molecule has 0 aliphatic carbocycles. The largest absolute Gasteiger partial charge is 0.312 e. The van der Waals surface area contributed by atoms with Gasteiger partial charge in [-0.15, -0.1) is 0 Å². The number of fused-ring (bicyclic) bond motifs is 1. The fourth-order valence-electron chi connectivity index (χ4n) is 2.72. The van der Waals surface area contributed by atoms with Gasteiger partial charge in [-0.25, -0.2) is 9.97 Å². The Labute approximate surface area is 118 Å². The summed E-state index contributed by atoms with van der Waals surface area (Å²) in [5.41, 5.74) is 2.10. The Bertz CT molecular complexity index is 556. The first-order chi connectivity index (χ1) is 9.24. The van der Waals surface area contributed by atoms with Gasteiger partial charge in [0.2, 0.25) is 0 Å². The number of nitrogens with zero attached hydrogens (tertiary/aromatic N) is 3. The highest BCUT2D eigenvalue weighted by Crippen LogP contribution is 2.27. The zero-order chi connectivity index (χ0) is 13.2. The third kappa shape index (κ3) is 2.78. The van der Waals surface area contributed by atoms with Crippen LogP contribution in [0, 0.1) is 11.8 Å². The molecule has 0 N–H and O–H groups in total. The van der Waals surface area contributed by atoms with Crippen LogP contribution in [-0.4, -0.2) is 26.0 Å². The van der Waals surface area contributed by atoms with E-state index in [2.05, 4.69) is 41.2 Å². The first kappa shape index (κ1) is 13.0. The molecule has 0 amide bonds. The summed E-state index contributed by atoms with van der Waals surface area (Å²) >= 11 is 2.08. The van der Waals surface area contributed by atoms with Crippen LogP contribution in [0.1, 0.15) is 26.1 Å². The predicted molar refractivity (Wildman–Crippen MR) is 81.5 cm³/mol. The summed E-state index contributed by atoms with van der Waals surface area (Å²) in [6.07, 6.45) is 4.31. The van der Waals surface area contributed by atoms with Gasteiger partial charge in [0.25, 0.3) is 0 Å². The van der Waals surface area contributed by atoms with E-state index in [9.17, 15) is 0 Å². The minimum absolute atomic E-state index is 0.621. The first-order valence-corrected chi connectivity index (χ1v) is 8.27. The molecule has 0 radical (unpaired) electrons. The summed E-state index contributed by atoms with van der Waals surface area (Å²) in [6.45, 7) is 5.52. The van der Waals surface area contributed by atoms with Crippen molar-refractivity contribution in [2.75, 3.05) is 11.5 Å². The lowest BCUT2D eigenvalue weighted by molar-refractivity contribution is 0.490. The normalized spacial score (nSPS) is 19.6. The van der Waals surface area contributed by atoms with Gasteiger partial charge in [0.15, 0.2) is 5.65 Å². The molecule has 3 rings (SSSR count). The fourth-order valence-corrected chi connectivity index (χ4v) is 4.01. The molecule has 3 nitrogen and oxygen atoms in total. The van der Waals surface area contributed by atoms with Crippen LogP contribution in [0.25, 0.3) is 11.2 Å². The average molecular weight is 275 g/mol. The molecule has 0 spiro atoms. The third-order valence-corrected chi connectivity index (χ3v) is 4.86. The van der Waals surface area contributed by atoms with Crippen LogP contribution >= 0.6 is 11.8 Å². The van der Waals surface area contributed by atoms with Crippen molar-refractivity contribution in [1.29, 1.82) is 0 Å². The standard InChI is InChI=1S/C15H21N3S/c1-11(2)9-18-14(8-12-5-7-19-10-12)17-13-4-3-6-16-15(13)18/h3-4,6,11-12H,5,7-10H2,1-2H3. The number of thioether (sulfide) groups is 1. The van der Waals surface area contributed by atoms with E-state index in [4.69, 9.17) is 4.98 Å². The van der Waals surface area contributed by atoms with E-state index >= 15 is 0 Å². The van der Waals surface area contributed by atoms with E-state index in [0.29, 0.717) is 5.92 Å². The van der Waals surface area contributed by atoms with E-state index in [0.717, 1.165) is 30.0 Å². The van der Waals surface area contributed by atoms with Crippen molar-refractivity contribution in [3.05, 3.63) is 24.2 Å². The molecule has 2 aromatic heterocycles. The second-order valence-corrected chi connectivity index (χ2v) is 6.96. The van der Waals surface area contributed by atoms with Crippen LogP contribution in [0.15, 0.2) is 18.3 Å². The molecule has 1 atom stereocenters. The minimum atomic E-state index is 0.621. The van der Waals surface area contributed by atoms with Gasteiger partial charge in [0.05, 0.1) is 0 Å². The number of rotatable bonds is 4. The molecule has 19 heavy (non-hydrogen) atoms. The van der Waals surface area contributed by atoms with Gasteiger partial charge in [-0.05, 0) is 41.9 Å². The van der Waals surface area contributed by atoms with Crippen LogP contribution < -0.4 is 0 Å². The lowest BCUT2D eigenvalue weighted by Crippen LogP contribution is -2.13. The second-order valence-electron chi connectivity index (χ2n) is 5.81. The number of hydrogen-bond acceptors (Lipinski definition) is 3. The smallest absolute Gasteiger partial charge is 0.159 e. The summed E-state index contributed by atoms with van der Waals surface area (Å²) in [5.74, 6) is 5.25. The Kier molecular flexibility index (Phi) is 3.78. The van der Waals surface area contributed by atoms with E-state index in [1.165, 1.54) is 23.8 Å². The maximum absolute atomic E-state index is 4.82. The second kappa shape index (κ2) is 5.53. The molecule has 0 aromatic carbocycles. The minimum Gasteiger partial charge on any atom is -0.312 e. The van der Waals surface area contributed by atoms with Crippen molar-refractivity contribution in [2.45, 2.75) is 33.2 Å². The fraction of sp³-hybridized carbons (Fsp3) is 0.600. The van der Waals surface area contributed by atoms with Crippen molar-refractivity contribution < 1.29 is 0 Å². The molecule has 1 aliphatic heterocycles.